The van der Waals surface area contributed by atoms with E-state index < -0.39 is 0 Å². The van der Waals surface area contributed by atoms with E-state index in [1.54, 1.807) is 0 Å². The normalized spacial score (nSPS) is 14.4. The Morgan fingerprint density at radius 3 is 1.84 bits per heavy atom. The highest BCUT2D eigenvalue weighted by Crippen LogP contribution is 2.54. The molecule has 0 heterocycles. The maximum atomic E-state index is 3.71. The van der Waals surface area contributed by atoms with E-state index in [0.717, 1.165) is 6.32 Å². The molecule has 0 amide bonds. The second-order valence-electron chi connectivity index (χ2n) is 7.33. The van der Waals surface area contributed by atoms with Crippen LogP contribution in [-0.4, -0.2) is 7.85 Å². The molecule has 0 bridgehead atoms. The van der Waals surface area contributed by atoms with Gasteiger partial charge in [0.2, 0.25) is 0 Å². The number of halogens is 2. The molecule has 0 atom stereocenters. The molecule has 0 spiro atoms. The van der Waals surface area contributed by atoms with Gasteiger partial charge >= 0.3 is 0 Å². The summed E-state index contributed by atoms with van der Waals surface area (Å²) < 4.78 is 2.39. The van der Waals surface area contributed by atoms with Crippen LogP contribution in [0.3, 0.4) is 0 Å². The second kappa shape index (κ2) is 8.44. The van der Waals surface area contributed by atoms with E-state index >= 15 is 0 Å². The smallest absolute Gasteiger partial charge is 0.0674 e. The van der Waals surface area contributed by atoms with E-state index in [2.05, 4.69) is 83.0 Å². The van der Waals surface area contributed by atoms with Crippen LogP contribution in [0.5, 0.6) is 0 Å². The predicted octanol–water partition coefficient (Wildman–Crippen LogP) is 7.28. The Morgan fingerprint density at radius 1 is 0.800 bits per heavy atom. The molecule has 2 aromatic carbocycles. The van der Waals surface area contributed by atoms with Gasteiger partial charge in [-0.15, -0.1) is 0 Å². The van der Waals surface area contributed by atoms with Gasteiger partial charge in [-0.25, -0.2) is 0 Å². The van der Waals surface area contributed by atoms with Crippen molar-refractivity contribution in [2.24, 2.45) is 0 Å². The van der Waals surface area contributed by atoms with Crippen molar-refractivity contribution < 1.29 is 0 Å². The van der Waals surface area contributed by atoms with Crippen molar-refractivity contribution >= 4 is 39.7 Å². The van der Waals surface area contributed by atoms with Gasteiger partial charge in [0, 0.05) is 14.4 Å². The second-order valence-corrected chi connectivity index (χ2v) is 9.16. The van der Waals surface area contributed by atoms with Crippen LogP contribution in [0.1, 0.15) is 63.0 Å². The molecule has 0 radical (unpaired) electrons. The van der Waals surface area contributed by atoms with Gasteiger partial charge in [-0.3, -0.25) is 0 Å². The van der Waals surface area contributed by atoms with E-state index in [1.807, 2.05) is 0 Å². The lowest BCUT2D eigenvalue weighted by Crippen LogP contribution is -2.24. The Labute approximate surface area is 170 Å². The van der Waals surface area contributed by atoms with E-state index in [4.69, 9.17) is 0 Å². The number of hydrogen-bond donors (Lipinski definition) is 0. The number of unbranched alkanes of at least 4 members (excludes halogenated alkanes) is 5. The summed E-state index contributed by atoms with van der Waals surface area (Å²) in [6.07, 6.45) is 10.6. The first kappa shape index (κ1) is 19.2. The molecule has 0 saturated carbocycles. The Morgan fingerprint density at radius 2 is 1.32 bits per heavy atom. The summed E-state index contributed by atoms with van der Waals surface area (Å²) >= 11 is 7.41. The number of benzene rings is 2. The Balaban J connectivity index is 1.92. The van der Waals surface area contributed by atoms with Gasteiger partial charge in [-0.2, -0.15) is 0 Å². The fourth-order valence-corrected chi connectivity index (χ4v) is 5.20. The maximum absolute atomic E-state index is 3.71. The number of rotatable bonds is 8. The van der Waals surface area contributed by atoms with Gasteiger partial charge in [0.15, 0.2) is 0 Å². The van der Waals surface area contributed by atoms with Gasteiger partial charge in [0.1, 0.15) is 7.85 Å². The Hall–Kier alpha value is -0.535. The minimum Gasteiger partial charge on any atom is -0.0674 e. The van der Waals surface area contributed by atoms with Gasteiger partial charge < -0.3 is 0 Å². The van der Waals surface area contributed by atoms with Crippen LogP contribution >= 0.6 is 31.9 Å². The lowest BCUT2D eigenvalue weighted by molar-refractivity contribution is 0.480. The van der Waals surface area contributed by atoms with Crippen molar-refractivity contribution in [3.05, 3.63) is 56.5 Å². The highest BCUT2D eigenvalue weighted by Gasteiger charge is 2.41. The van der Waals surface area contributed by atoms with Crippen LogP contribution in [0, 0.1) is 0 Å². The summed E-state index contributed by atoms with van der Waals surface area (Å²) in [5, 5.41) is 0. The first-order valence-corrected chi connectivity index (χ1v) is 11.3. The fraction of sp³-hybridized carbons (Fsp3) is 0.455. The fourth-order valence-electron chi connectivity index (χ4n) is 4.47. The van der Waals surface area contributed by atoms with Gasteiger partial charge in [-0.1, -0.05) is 95.8 Å². The third kappa shape index (κ3) is 3.78. The average molecular weight is 462 g/mol. The van der Waals surface area contributed by atoms with Crippen molar-refractivity contribution in [1.82, 2.24) is 0 Å². The van der Waals surface area contributed by atoms with E-state index in [9.17, 15) is 0 Å². The van der Waals surface area contributed by atoms with Crippen molar-refractivity contribution in [3.63, 3.8) is 0 Å². The minimum atomic E-state index is 0.170. The minimum absolute atomic E-state index is 0.170. The highest BCUT2D eigenvalue weighted by atomic mass is 79.9. The highest BCUT2D eigenvalue weighted by molar-refractivity contribution is 9.10. The molecule has 0 N–H and O–H groups in total. The predicted molar refractivity (Wildman–Crippen MR) is 119 cm³/mol. The van der Waals surface area contributed by atoms with E-state index in [0.29, 0.717) is 0 Å². The van der Waals surface area contributed by atoms with Gasteiger partial charge in [0.05, 0.1) is 0 Å². The van der Waals surface area contributed by atoms with Crippen molar-refractivity contribution in [1.29, 1.82) is 0 Å². The molecule has 25 heavy (non-hydrogen) atoms. The standard InChI is InChI=1S/C22H27BBr2/c1-2-3-4-5-6-7-12-22(15-23)20-13-16(24)8-10-18(20)19-11-9-17(25)14-21(19)22/h8-11,13-14H,2-7,12,15,23H2,1H3. The van der Waals surface area contributed by atoms with Crippen LogP contribution in [0.25, 0.3) is 11.1 Å². The molecular formula is C22H27BBr2. The topological polar surface area (TPSA) is 0 Å². The van der Waals surface area contributed by atoms with Crippen LogP contribution in [0.15, 0.2) is 45.3 Å². The molecular weight excluding hydrogens is 435 g/mol. The molecule has 3 heteroatoms. The molecule has 0 unspecified atom stereocenters. The van der Waals surface area contributed by atoms with Crippen molar-refractivity contribution in [2.45, 2.75) is 63.6 Å². The largest absolute Gasteiger partial charge is 0.102 e. The summed E-state index contributed by atoms with van der Waals surface area (Å²) in [5.74, 6) is 0. The van der Waals surface area contributed by atoms with E-state index in [1.165, 1.54) is 76.1 Å². The monoisotopic (exact) mass is 460 g/mol. The lowest BCUT2D eigenvalue weighted by atomic mass is 9.66. The van der Waals surface area contributed by atoms with Gasteiger partial charge in [0.25, 0.3) is 0 Å². The molecule has 0 aromatic heterocycles. The summed E-state index contributed by atoms with van der Waals surface area (Å²) in [6, 6.07) is 13.7. The molecule has 0 fully saturated rings. The molecule has 1 aliphatic carbocycles. The van der Waals surface area contributed by atoms with Crippen molar-refractivity contribution in [2.75, 3.05) is 0 Å². The zero-order valence-corrected chi connectivity index (χ0v) is 18.5. The van der Waals surface area contributed by atoms with E-state index in [-0.39, 0.29) is 5.41 Å². The molecule has 0 saturated heterocycles. The zero-order chi connectivity index (χ0) is 17.9. The molecule has 132 valence electrons. The summed E-state index contributed by atoms with van der Waals surface area (Å²) in [4.78, 5) is 0. The SMILES string of the molecule is BCC1(CCCCCCCC)c2cc(Br)ccc2-c2ccc(Br)cc21. The summed E-state index contributed by atoms with van der Waals surface area (Å²) in [5.41, 5.74) is 6.07. The third-order valence-electron chi connectivity index (χ3n) is 5.85. The zero-order valence-electron chi connectivity index (χ0n) is 15.4. The Bertz CT molecular complexity index is 687. The molecule has 0 aliphatic heterocycles. The first-order chi connectivity index (χ1) is 12.1. The quantitative estimate of drug-likeness (QED) is 0.286. The first-order valence-electron chi connectivity index (χ1n) is 9.73. The maximum Gasteiger partial charge on any atom is 0.102 e. The van der Waals surface area contributed by atoms with Crippen molar-refractivity contribution in [3.8, 4) is 11.1 Å². The average Bonchev–Trinajstić information content (AvgIpc) is 2.87. The van der Waals surface area contributed by atoms with Crippen LogP contribution in [-0.2, 0) is 5.41 Å². The summed E-state index contributed by atoms with van der Waals surface area (Å²) in [7, 11) is 2.36. The Kier molecular flexibility index (Phi) is 6.49. The number of hydrogen-bond acceptors (Lipinski definition) is 0. The molecule has 0 nitrogen and oxygen atoms in total. The third-order valence-corrected chi connectivity index (χ3v) is 6.83. The molecule has 2 aromatic rings. The molecule has 1 aliphatic rings. The van der Waals surface area contributed by atoms with Gasteiger partial charge in [-0.05, 0) is 52.9 Å². The van der Waals surface area contributed by atoms with Crippen LogP contribution in [0.2, 0.25) is 6.32 Å². The number of fused-ring (bicyclic) bond motifs is 3. The molecule has 3 rings (SSSR count). The lowest BCUT2D eigenvalue weighted by Gasteiger charge is -2.31. The summed E-state index contributed by atoms with van der Waals surface area (Å²) in [6.45, 7) is 2.29. The van der Waals surface area contributed by atoms with Crippen LogP contribution in [0.4, 0.5) is 0 Å². The van der Waals surface area contributed by atoms with Crippen LogP contribution < -0.4 is 0 Å².